The van der Waals surface area contributed by atoms with Crippen LogP contribution in [0, 0.1) is 5.41 Å². The molecule has 0 bridgehead atoms. The van der Waals surface area contributed by atoms with Crippen LogP contribution in [0.2, 0.25) is 19.6 Å². The summed E-state index contributed by atoms with van der Waals surface area (Å²) in [7, 11) is -1.89. The van der Waals surface area contributed by atoms with Gasteiger partial charge in [0.2, 0.25) is 0 Å². The van der Waals surface area contributed by atoms with Gasteiger partial charge in [0.1, 0.15) is 0 Å². The molecule has 1 rings (SSSR count). The van der Waals surface area contributed by atoms with E-state index in [-0.39, 0.29) is 0 Å². The highest BCUT2D eigenvalue weighted by atomic mass is 28.4. The van der Waals surface area contributed by atoms with Gasteiger partial charge in [-0.2, -0.15) is 0 Å². The lowest BCUT2D eigenvalue weighted by Crippen LogP contribution is -2.51. The number of hydrogen-bond donors (Lipinski definition) is 1. The summed E-state index contributed by atoms with van der Waals surface area (Å²) in [6.45, 7) is 11.6. The number of rotatable bonds is 5. The standard InChI is InChI=1S/C15H24O3Si/c1-14(2,13(16)17)15(3,18-19(4,5)6)12-10-8-7-9-11-12/h7-11H,1-6H3,(H,16,17). The van der Waals surface area contributed by atoms with Gasteiger partial charge in [0, 0.05) is 0 Å². The third-order valence-corrected chi connectivity index (χ3v) is 4.58. The van der Waals surface area contributed by atoms with Crippen LogP contribution in [0.15, 0.2) is 30.3 Å². The van der Waals surface area contributed by atoms with Crippen molar-refractivity contribution in [2.45, 2.75) is 46.0 Å². The summed E-state index contributed by atoms with van der Waals surface area (Å²) in [5.41, 5.74) is -0.941. The van der Waals surface area contributed by atoms with E-state index in [2.05, 4.69) is 19.6 Å². The molecule has 0 saturated heterocycles. The summed E-state index contributed by atoms with van der Waals surface area (Å²) >= 11 is 0. The minimum absolute atomic E-state index is 0.843. The highest BCUT2D eigenvalue weighted by molar-refractivity contribution is 6.69. The van der Waals surface area contributed by atoms with Gasteiger partial charge >= 0.3 is 5.97 Å². The van der Waals surface area contributed by atoms with Crippen molar-refractivity contribution in [2.24, 2.45) is 5.41 Å². The van der Waals surface area contributed by atoms with Gasteiger partial charge in [-0.1, -0.05) is 30.3 Å². The van der Waals surface area contributed by atoms with E-state index in [9.17, 15) is 9.90 Å². The van der Waals surface area contributed by atoms with Crippen LogP contribution in [-0.4, -0.2) is 19.4 Å². The van der Waals surface area contributed by atoms with Gasteiger partial charge in [0.15, 0.2) is 8.32 Å². The van der Waals surface area contributed by atoms with Gasteiger partial charge in [-0.3, -0.25) is 4.79 Å². The normalized spacial score (nSPS) is 15.9. The number of aliphatic carboxylic acids is 1. The molecule has 0 radical (unpaired) electrons. The molecule has 19 heavy (non-hydrogen) atoms. The van der Waals surface area contributed by atoms with Crippen LogP contribution < -0.4 is 0 Å². The average molecular weight is 280 g/mol. The van der Waals surface area contributed by atoms with Crippen LogP contribution in [0.3, 0.4) is 0 Å². The zero-order chi connectivity index (χ0) is 14.9. The monoisotopic (exact) mass is 280 g/mol. The van der Waals surface area contributed by atoms with Crippen molar-refractivity contribution in [1.29, 1.82) is 0 Å². The van der Waals surface area contributed by atoms with Crippen molar-refractivity contribution >= 4 is 14.3 Å². The summed E-state index contributed by atoms with van der Waals surface area (Å²) in [6.07, 6.45) is 0. The molecule has 0 heterocycles. The number of benzene rings is 1. The van der Waals surface area contributed by atoms with Gasteiger partial charge < -0.3 is 9.53 Å². The van der Waals surface area contributed by atoms with E-state index in [0.29, 0.717) is 0 Å². The summed E-state index contributed by atoms with van der Waals surface area (Å²) in [5.74, 6) is -0.850. The van der Waals surface area contributed by atoms with Gasteiger partial charge in [-0.25, -0.2) is 0 Å². The first-order chi connectivity index (χ1) is 8.51. The van der Waals surface area contributed by atoms with Crippen molar-refractivity contribution in [2.75, 3.05) is 0 Å². The van der Waals surface area contributed by atoms with Crippen LogP contribution >= 0.6 is 0 Å². The Kier molecular flexibility index (Phi) is 4.27. The molecule has 106 valence electrons. The Labute approximate surface area is 116 Å². The van der Waals surface area contributed by atoms with E-state index < -0.39 is 25.3 Å². The first kappa shape index (κ1) is 15.9. The molecule has 1 aromatic rings. The Hall–Kier alpha value is -1.13. The van der Waals surface area contributed by atoms with Gasteiger partial charge in [0.05, 0.1) is 11.0 Å². The number of carboxylic acids is 1. The Balaban J connectivity index is 3.38. The SMILES string of the molecule is CC(C)(C(=O)O)C(C)(O[Si](C)(C)C)c1ccccc1. The quantitative estimate of drug-likeness (QED) is 0.833. The molecule has 1 atom stereocenters. The third-order valence-electron chi connectivity index (χ3n) is 3.56. The average Bonchev–Trinajstić information content (AvgIpc) is 2.27. The molecule has 0 amide bonds. The molecule has 0 saturated carbocycles. The maximum absolute atomic E-state index is 11.7. The van der Waals surface area contributed by atoms with E-state index in [1.165, 1.54) is 0 Å². The predicted molar refractivity (Wildman–Crippen MR) is 79.6 cm³/mol. The molecule has 1 aromatic carbocycles. The lowest BCUT2D eigenvalue weighted by Gasteiger charge is -2.45. The lowest BCUT2D eigenvalue weighted by atomic mass is 9.72. The van der Waals surface area contributed by atoms with E-state index in [4.69, 9.17) is 4.43 Å². The Morgan fingerprint density at radius 3 is 1.95 bits per heavy atom. The maximum Gasteiger partial charge on any atom is 0.312 e. The predicted octanol–water partition coefficient (Wildman–Crippen LogP) is 3.86. The molecule has 0 aliphatic carbocycles. The molecular formula is C15H24O3Si. The number of carboxylic acid groups (broad SMARTS) is 1. The molecule has 0 aliphatic rings. The summed E-state index contributed by atoms with van der Waals surface area (Å²) < 4.78 is 6.30. The molecule has 0 aromatic heterocycles. The van der Waals surface area contributed by atoms with Gasteiger partial charge in [-0.15, -0.1) is 0 Å². The summed E-state index contributed by atoms with van der Waals surface area (Å²) in [6, 6.07) is 9.63. The zero-order valence-electron chi connectivity index (χ0n) is 12.7. The van der Waals surface area contributed by atoms with Crippen LogP contribution in [0.1, 0.15) is 26.3 Å². The number of carbonyl (C=O) groups is 1. The first-order valence-electron chi connectivity index (χ1n) is 6.50. The highest BCUT2D eigenvalue weighted by Gasteiger charge is 2.50. The Morgan fingerprint density at radius 2 is 1.58 bits per heavy atom. The maximum atomic E-state index is 11.7. The molecular weight excluding hydrogens is 256 g/mol. The Bertz CT molecular complexity index is 448. The molecule has 4 heteroatoms. The van der Waals surface area contributed by atoms with E-state index in [1.807, 2.05) is 37.3 Å². The second kappa shape index (κ2) is 5.10. The molecule has 0 fully saturated rings. The van der Waals surface area contributed by atoms with E-state index in [0.717, 1.165) is 5.56 Å². The Morgan fingerprint density at radius 1 is 1.11 bits per heavy atom. The first-order valence-corrected chi connectivity index (χ1v) is 9.90. The minimum Gasteiger partial charge on any atom is -0.481 e. The smallest absolute Gasteiger partial charge is 0.312 e. The van der Waals surface area contributed by atoms with Crippen LogP contribution in [0.25, 0.3) is 0 Å². The van der Waals surface area contributed by atoms with Crippen molar-refractivity contribution in [3.8, 4) is 0 Å². The lowest BCUT2D eigenvalue weighted by molar-refractivity contribution is -0.161. The van der Waals surface area contributed by atoms with Gasteiger partial charge in [0.25, 0.3) is 0 Å². The van der Waals surface area contributed by atoms with Crippen LogP contribution in [-0.2, 0) is 14.8 Å². The fraction of sp³-hybridized carbons (Fsp3) is 0.533. The molecule has 1 unspecified atom stereocenters. The van der Waals surface area contributed by atoms with Crippen LogP contribution in [0.4, 0.5) is 0 Å². The van der Waals surface area contributed by atoms with Crippen LogP contribution in [0.5, 0.6) is 0 Å². The molecule has 0 spiro atoms. The van der Waals surface area contributed by atoms with Crippen molar-refractivity contribution in [3.05, 3.63) is 35.9 Å². The topological polar surface area (TPSA) is 46.5 Å². The number of hydrogen-bond acceptors (Lipinski definition) is 2. The minimum atomic E-state index is -1.89. The van der Waals surface area contributed by atoms with E-state index in [1.54, 1.807) is 13.8 Å². The molecule has 3 nitrogen and oxygen atoms in total. The summed E-state index contributed by atoms with van der Waals surface area (Å²) in [4.78, 5) is 11.7. The van der Waals surface area contributed by atoms with Crippen molar-refractivity contribution in [3.63, 3.8) is 0 Å². The van der Waals surface area contributed by atoms with Gasteiger partial charge in [-0.05, 0) is 46.0 Å². The highest BCUT2D eigenvalue weighted by Crippen LogP contribution is 2.44. The fourth-order valence-corrected chi connectivity index (χ4v) is 3.72. The molecule has 0 aliphatic heterocycles. The second-order valence-corrected chi connectivity index (χ2v) is 11.0. The molecule has 1 N–H and O–H groups in total. The third kappa shape index (κ3) is 3.25. The second-order valence-electron chi connectivity index (χ2n) is 6.54. The fourth-order valence-electron chi connectivity index (χ4n) is 2.12. The zero-order valence-corrected chi connectivity index (χ0v) is 13.7. The largest absolute Gasteiger partial charge is 0.481 e. The van der Waals surface area contributed by atoms with Crippen molar-refractivity contribution < 1.29 is 14.3 Å². The van der Waals surface area contributed by atoms with E-state index >= 15 is 0 Å². The van der Waals surface area contributed by atoms with Crippen molar-refractivity contribution in [1.82, 2.24) is 0 Å². The summed E-state index contributed by atoms with van der Waals surface area (Å²) in [5, 5.41) is 9.57.